The van der Waals surface area contributed by atoms with Crippen LogP contribution in [-0.2, 0) is 0 Å². The van der Waals surface area contributed by atoms with Crippen LogP contribution in [0.1, 0.15) is 11.5 Å². The van der Waals surface area contributed by atoms with E-state index < -0.39 is 40.3 Å². The van der Waals surface area contributed by atoms with Crippen molar-refractivity contribution in [1.82, 2.24) is 0 Å². The van der Waals surface area contributed by atoms with Gasteiger partial charge in [-0.1, -0.05) is 29.9 Å². The summed E-state index contributed by atoms with van der Waals surface area (Å²) in [5.41, 5.74) is -1.15. The molecule has 2 aromatic rings. The van der Waals surface area contributed by atoms with Gasteiger partial charge in [0.1, 0.15) is 23.3 Å². The van der Waals surface area contributed by atoms with Crippen LogP contribution in [0.4, 0.5) is 17.6 Å². The maximum absolute atomic E-state index is 14.1. The fourth-order valence-electron chi connectivity index (χ4n) is 2.36. The zero-order chi connectivity index (χ0) is 14.3. The van der Waals surface area contributed by atoms with E-state index >= 15 is 0 Å². The monoisotopic (exact) mass is 277 g/mol. The molecule has 0 amide bonds. The van der Waals surface area contributed by atoms with Gasteiger partial charge in [0.05, 0.1) is 0 Å². The fraction of sp³-hybridized carbons (Fsp3) is 0.0625. The summed E-state index contributed by atoms with van der Waals surface area (Å²) in [6.45, 7) is 0. The quantitative estimate of drug-likeness (QED) is 0.418. The average molecular weight is 277 g/mol. The van der Waals surface area contributed by atoms with Crippen molar-refractivity contribution in [3.05, 3.63) is 77.4 Å². The molecule has 4 heteroatoms. The van der Waals surface area contributed by atoms with Crippen LogP contribution in [0.3, 0.4) is 0 Å². The van der Waals surface area contributed by atoms with Gasteiger partial charge in [-0.15, -0.1) is 12.1 Å². The molecule has 0 heterocycles. The van der Waals surface area contributed by atoms with Gasteiger partial charge in [-0.05, 0) is 5.56 Å². The minimum absolute atomic E-state index is 0.113. The first-order chi connectivity index (χ1) is 9.61. The highest BCUT2D eigenvalue weighted by atomic mass is 19.2. The normalized spacial score (nSPS) is 14.4. The minimum Gasteiger partial charge on any atom is -0.250 e. The number of allylic oxidation sites excluding steroid dienone is 4. The summed E-state index contributed by atoms with van der Waals surface area (Å²) in [5, 5.41) is 0. The summed E-state index contributed by atoms with van der Waals surface area (Å²) >= 11 is 0. The molecule has 20 heavy (non-hydrogen) atoms. The third-order valence-corrected chi connectivity index (χ3v) is 3.33. The molecule has 0 atom stereocenters. The first kappa shape index (κ1) is 12.8. The number of benzene rings is 1. The SMILES string of the molecule is Fc1c(F)c(C2C=CC=C2)c(F)c(F)c1-[c-]1cccc1. The summed E-state index contributed by atoms with van der Waals surface area (Å²) in [5.74, 6) is -6.20. The lowest BCUT2D eigenvalue weighted by Gasteiger charge is -2.18. The molecular formula is C16H9F4-. The van der Waals surface area contributed by atoms with Crippen molar-refractivity contribution in [2.75, 3.05) is 0 Å². The van der Waals surface area contributed by atoms with Crippen LogP contribution in [0.25, 0.3) is 11.1 Å². The predicted molar refractivity (Wildman–Crippen MR) is 68.3 cm³/mol. The molecule has 0 aromatic heterocycles. The Balaban J connectivity index is 2.27. The lowest BCUT2D eigenvalue weighted by Crippen LogP contribution is -2.08. The molecule has 0 saturated heterocycles. The van der Waals surface area contributed by atoms with Gasteiger partial charge in [-0.3, -0.25) is 0 Å². The zero-order valence-electron chi connectivity index (χ0n) is 10.2. The van der Waals surface area contributed by atoms with E-state index in [9.17, 15) is 17.6 Å². The molecule has 0 radical (unpaired) electrons. The molecule has 102 valence electrons. The van der Waals surface area contributed by atoms with E-state index in [1.807, 2.05) is 0 Å². The summed E-state index contributed by atoms with van der Waals surface area (Å²) in [4.78, 5) is 0. The molecule has 1 aliphatic carbocycles. The molecule has 0 unspecified atom stereocenters. The Hall–Kier alpha value is -2.23. The topological polar surface area (TPSA) is 0 Å². The van der Waals surface area contributed by atoms with Gasteiger partial charge in [0.25, 0.3) is 0 Å². The summed E-state index contributed by atoms with van der Waals surface area (Å²) < 4.78 is 56.4. The van der Waals surface area contributed by atoms with Crippen LogP contribution >= 0.6 is 0 Å². The van der Waals surface area contributed by atoms with E-state index in [0.29, 0.717) is 0 Å². The van der Waals surface area contributed by atoms with Crippen molar-refractivity contribution >= 4 is 0 Å². The maximum Gasteiger partial charge on any atom is 0.132 e. The van der Waals surface area contributed by atoms with Crippen LogP contribution in [0.15, 0.2) is 48.6 Å². The number of rotatable bonds is 2. The van der Waals surface area contributed by atoms with E-state index in [4.69, 9.17) is 0 Å². The molecule has 0 saturated carbocycles. The molecule has 0 bridgehead atoms. The van der Waals surface area contributed by atoms with Crippen molar-refractivity contribution in [2.45, 2.75) is 5.92 Å². The van der Waals surface area contributed by atoms with Crippen molar-refractivity contribution in [3.63, 3.8) is 0 Å². The van der Waals surface area contributed by atoms with Crippen LogP contribution in [-0.4, -0.2) is 0 Å². The Morgan fingerprint density at radius 2 is 1.25 bits per heavy atom. The van der Waals surface area contributed by atoms with Crippen LogP contribution < -0.4 is 0 Å². The van der Waals surface area contributed by atoms with Crippen molar-refractivity contribution < 1.29 is 17.6 Å². The van der Waals surface area contributed by atoms with E-state index in [0.717, 1.165) is 0 Å². The molecule has 0 fully saturated rings. The molecule has 1 aliphatic rings. The summed E-state index contributed by atoms with van der Waals surface area (Å²) in [6.07, 6.45) is 6.10. The lowest BCUT2D eigenvalue weighted by atomic mass is 9.95. The molecule has 0 nitrogen and oxygen atoms in total. The molecule has 0 spiro atoms. The Labute approximate surface area is 113 Å². The Bertz CT molecular complexity index is 668. The van der Waals surface area contributed by atoms with Gasteiger partial charge in [0.2, 0.25) is 0 Å². The molecule has 2 aromatic carbocycles. The smallest absolute Gasteiger partial charge is 0.132 e. The van der Waals surface area contributed by atoms with Crippen LogP contribution in [0, 0.1) is 23.3 Å². The summed E-state index contributed by atoms with van der Waals surface area (Å²) in [7, 11) is 0. The van der Waals surface area contributed by atoms with Crippen molar-refractivity contribution in [1.29, 1.82) is 0 Å². The highest BCUT2D eigenvalue weighted by molar-refractivity contribution is 5.67. The molecule has 3 rings (SSSR count). The van der Waals surface area contributed by atoms with E-state index in [-0.39, 0.29) is 5.56 Å². The molecule has 0 N–H and O–H groups in total. The van der Waals surface area contributed by atoms with Gasteiger partial charge in [-0.2, -0.15) is 12.1 Å². The Kier molecular flexibility index (Phi) is 3.01. The maximum atomic E-state index is 14.1. The van der Waals surface area contributed by atoms with Gasteiger partial charge in [0, 0.05) is 11.5 Å². The largest absolute Gasteiger partial charge is 0.250 e. The standard InChI is InChI=1S/C16H9F4/c17-13-11(9-5-1-2-6-9)14(18)16(20)12(15(13)19)10-7-3-4-8-10/h1-9H/q-1. The second-order valence-corrected chi connectivity index (χ2v) is 4.51. The van der Waals surface area contributed by atoms with E-state index in [2.05, 4.69) is 0 Å². The van der Waals surface area contributed by atoms with Crippen LogP contribution in [0.2, 0.25) is 0 Å². The summed E-state index contributed by atoms with van der Waals surface area (Å²) in [6, 6.07) is 5.88. The molecule has 0 aliphatic heterocycles. The Morgan fingerprint density at radius 1 is 0.750 bits per heavy atom. The predicted octanol–water partition coefficient (Wildman–Crippen LogP) is 4.84. The van der Waals surface area contributed by atoms with Gasteiger partial charge in [-0.25, -0.2) is 17.6 Å². The minimum atomic E-state index is -1.36. The third-order valence-electron chi connectivity index (χ3n) is 3.33. The number of hydrogen-bond donors (Lipinski definition) is 0. The zero-order valence-corrected chi connectivity index (χ0v) is 10.2. The first-order valence-electron chi connectivity index (χ1n) is 6.04. The van der Waals surface area contributed by atoms with Crippen LogP contribution in [0.5, 0.6) is 0 Å². The van der Waals surface area contributed by atoms with Crippen molar-refractivity contribution in [2.24, 2.45) is 0 Å². The van der Waals surface area contributed by atoms with E-state index in [1.165, 1.54) is 24.3 Å². The van der Waals surface area contributed by atoms with Gasteiger partial charge >= 0.3 is 0 Å². The second kappa shape index (κ2) is 4.71. The fourth-order valence-corrected chi connectivity index (χ4v) is 2.36. The molecular weight excluding hydrogens is 268 g/mol. The van der Waals surface area contributed by atoms with Gasteiger partial charge < -0.3 is 0 Å². The third kappa shape index (κ3) is 1.80. The van der Waals surface area contributed by atoms with Gasteiger partial charge in [0.15, 0.2) is 0 Å². The average Bonchev–Trinajstić information content (AvgIpc) is 3.10. The Morgan fingerprint density at radius 3 is 1.75 bits per heavy atom. The highest BCUT2D eigenvalue weighted by Crippen LogP contribution is 2.36. The number of halogens is 4. The highest BCUT2D eigenvalue weighted by Gasteiger charge is 2.25. The lowest BCUT2D eigenvalue weighted by molar-refractivity contribution is 0.443. The van der Waals surface area contributed by atoms with Crippen molar-refractivity contribution in [3.8, 4) is 11.1 Å². The van der Waals surface area contributed by atoms with E-state index in [1.54, 1.807) is 24.3 Å². The first-order valence-corrected chi connectivity index (χ1v) is 6.04. The number of hydrogen-bond acceptors (Lipinski definition) is 0. The second-order valence-electron chi connectivity index (χ2n) is 4.51.